The number of ether oxygens (including phenoxy) is 4. The number of nitrogens with one attached hydrogen (secondary N) is 4. The van der Waals surface area contributed by atoms with E-state index in [1.54, 1.807) is 36.0 Å². The van der Waals surface area contributed by atoms with E-state index in [0.717, 1.165) is 25.8 Å². The van der Waals surface area contributed by atoms with Crippen LogP contribution in [0.3, 0.4) is 0 Å². The number of halogens is 1. The standard InChI is InChI=1S/C33H42FN5O8S2/c1-21-38-26-5-3-23(17-28(26)48-21)31(41)36-19-25(20-37-32(42)24-4-6-27-29(18-24)49-22(2)39-27)33(43)35-8-10-45-12-14-47-16-15-46-13-11-44-9-7-30(34)40/h3-6,17-18,21,25,38H,7-16,19-20H2,1-2H3,(H,35,43)(H,36,41)(H,37,42). The first-order valence-corrected chi connectivity index (χ1v) is 17.7. The van der Waals surface area contributed by atoms with E-state index in [9.17, 15) is 23.6 Å². The van der Waals surface area contributed by atoms with Gasteiger partial charge in [-0.05, 0) is 50.2 Å². The minimum Gasteiger partial charge on any atom is -0.378 e. The summed E-state index contributed by atoms with van der Waals surface area (Å²) in [5.74, 6) is -1.73. The topological polar surface area (TPSA) is 166 Å². The molecule has 2 aromatic carbocycles. The monoisotopic (exact) mass is 719 g/mol. The Hall–Kier alpha value is -3.67. The van der Waals surface area contributed by atoms with Crippen molar-refractivity contribution in [1.29, 1.82) is 0 Å². The summed E-state index contributed by atoms with van der Waals surface area (Å²) in [5, 5.41) is 13.0. The number of amides is 3. The van der Waals surface area contributed by atoms with Crippen LogP contribution in [0.25, 0.3) is 10.2 Å². The zero-order chi connectivity index (χ0) is 35.0. The Labute approximate surface area is 292 Å². The number of benzene rings is 2. The van der Waals surface area contributed by atoms with Gasteiger partial charge in [-0.3, -0.25) is 19.2 Å². The Morgan fingerprint density at radius 2 is 1.43 bits per heavy atom. The highest BCUT2D eigenvalue weighted by Crippen LogP contribution is 2.38. The summed E-state index contributed by atoms with van der Waals surface area (Å²) in [4.78, 5) is 54.8. The third-order valence-electron chi connectivity index (χ3n) is 7.16. The van der Waals surface area contributed by atoms with E-state index in [2.05, 4.69) is 26.3 Å². The average Bonchev–Trinajstić information content (AvgIpc) is 3.65. The number of fused-ring (bicyclic) bond motifs is 2. The number of thioether (sulfide) groups is 1. The molecule has 1 aliphatic heterocycles. The first-order chi connectivity index (χ1) is 23.7. The van der Waals surface area contributed by atoms with Gasteiger partial charge in [-0.15, -0.1) is 11.3 Å². The number of thiazole rings is 1. The number of anilines is 1. The van der Waals surface area contributed by atoms with Gasteiger partial charge in [-0.2, -0.15) is 4.39 Å². The normalized spacial score (nSPS) is 14.2. The molecule has 4 N–H and O–H groups in total. The van der Waals surface area contributed by atoms with E-state index in [-0.39, 0.29) is 69.0 Å². The first kappa shape index (κ1) is 38.1. The molecule has 4 rings (SSSR count). The summed E-state index contributed by atoms with van der Waals surface area (Å²) in [6, 6.07) is 9.30. The fourth-order valence-electron chi connectivity index (χ4n) is 4.70. The second-order valence-electron chi connectivity index (χ2n) is 11.0. The van der Waals surface area contributed by atoms with Crippen LogP contribution >= 0.6 is 23.1 Å². The van der Waals surface area contributed by atoms with Gasteiger partial charge in [0.1, 0.15) is 0 Å². The van der Waals surface area contributed by atoms with Crippen LogP contribution in [0.2, 0.25) is 0 Å². The molecule has 1 aromatic heterocycles. The zero-order valence-electron chi connectivity index (χ0n) is 27.5. The molecule has 3 aromatic rings. The summed E-state index contributed by atoms with van der Waals surface area (Å²) in [6.45, 7) is 6.35. The lowest BCUT2D eigenvalue weighted by Crippen LogP contribution is -2.45. The Morgan fingerprint density at radius 1 is 0.837 bits per heavy atom. The molecule has 2 heterocycles. The number of aromatic nitrogens is 1. The van der Waals surface area contributed by atoms with Crippen LogP contribution in [0.1, 0.15) is 39.1 Å². The van der Waals surface area contributed by atoms with Crippen molar-refractivity contribution in [2.75, 3.05) is 77.8 Å². The van der Waals surface area contributed by atoms with Crippen molar-refractivity contribution in [2.24, 2.45) is 5.92 Å². The summed E-state index contributed by atoms with van der Waals surface area (Å²) >= 11 is 3.13. The maximum Gasteiger partial charge on any atom is 0.303 e. The summed E-state index contributed by atoms with van der Waals surface area (Å²) in [7, 11) is 0. The fourth-order valence-corrected chi connectivity index (χ4v) is 6.58. The Kier molecular flexibility index (Phi) is 15.7. The van der Waals surface area contributed by atoms with Gasteiger partial charge in [0, 0.05) is 41.3 Å². The van der Waals surface area contributed by atoms with Crippen LogP contribution in [0, 0.1) is 12.8 Å². The second kappa shape index (κ2) is 20.1. The number of hydrogen-bond acceptors (Lipinski definition) is 12. The maximum absolute atomic E-state index is 13.2. The lowest BCUT2D eigenvalue weighted by molar-refractivity contribution is -0.130. The lowest BCUT2D eigenvalue weighted by atomic mass is 10.1. The van der Waals surface area contributed by atoms with Gasteiger partial charge in [0.05, 0.1) is 85.8 Å². The summed E-state index contributed by atoms with van der Waals surface area (Å²) in [5.41, 5.74) is 2.74. The highest BCUT2D eigenvalue weighted by atomic mass is 32.2. The fraction of sp³-hybridized carbons (Fsp3) is 0.485. The van der Waals surface area contributed by atoms with Gasteiger partial charge in [-0.1, -0.05) is 11.8 Å². The number of nitrogens with zero attached hydrogens (tertiary/aromatic N) is 1. The smallest absolute Gasteiger partial charge is 0.303 e. The predicted molar refractivity (Wildman–Crippen MR) is 185 cm³/mol. The molecule has 2 atom stereocenters. The molecule has 266 valence electrons. The minimum atomic E-state index is -1.40. The van der Waals surface area contributed by atoms with Gasteiger partial charge in [0.15, 0.2) is 0 Å². The van der Waals surface area contributed by atoms with Crippen LogP contribution < -0.4 is 21.3 Å². The predicted octanol–water partition coefficient (Wildman–Crippen LogP) is 3.31. The number of rotatable bonds is 22. The van der Waals surface area contributed by atoms with E-state index < -0.39 is 12.0 Å². The largest absolute Gasteiger partial charge is 0.378 e. The van der Waals surface area contributed by atoms with Crippen molar-refractivity contribution in [1.82, 2.24) is 20.9 Å². The summed E-state index contributed by atoms with van der Waals surface area (Å²) < 4.78 is 34.3. The maximum atomic E-state index is 13.2. The molecule has 49 heavy (non-hydrogen) atoms. The highest BCUT2D eigenvalue weighted by molar-refractivity contribution is 8.00. The third-order valence-corrected chi connectivity index (χ3v) is 9.15. The number of aryl methyl sites for hydroxylation is 1. The van der Waals surface area contributed by atoms with E-state index in [0.29, 0.717) is 44.2 Å². The number of carbonyl (C=O) groups excluding carboxylic acids is 4. The molecule has 0 saturated heterocycles. The number of hydrogen-bond donors (Lipinski definition) is 4. The van der Waals surface area contributed by atoms with Crippen LogP contribution in [0.15, 0.2) is 41.3 Å². The van der Waals surface area contributed by atoms with Gasteiger partial charge >= 0.3 is 6.04 Å². The average molecular weight is 720 g/mol. The third kappa shape index (κ3) is 12.9. The number of carbonyl (C=O) groups is 4. The van der Waals surface area contributed by atoms with E-state index in [1.807, 2.05) is 26.0 Å². The van der Waals surface area contributed by atoms with Gasteiger partial charge in [0.2, 0.25) is 5.91 Å². The molecule has 0 fully saturated rings. The second-order valence-corrected chi connectivity index (χ2v) is 13.6. The molecular weight excluding hydrogens is 678 g/mol. The van der Waals surface area contributed by atoms with E-state index in [1.165, 1.54) is 11.3 Å². The molecule has 1 aliphatic rings. The molecule has 13 nitrogen and oxygen atoms in total. The molecule has 0 saturated carbocycles. The Morgan fingerprint density at radius 3 is 2.08 bits per heavy atom. The van der Waals surface area contributed by atoms with Gasteiger partial charge < -0.3 is 40.2 Å². The van der Waals surface area contributed by atoms with Crippen molar-refractivity contribution in [3.05, 3.63) is 52.5 Å². The van der Waals surface area contributed by atoms with E-state index >= 15 is 0 Å². The van der Waals surface area contributed by atoms with Crippen molar-refractivity contribution >= 4 is 62.8 Å². The van der Waals surface area contributed by atoms with Crippen LogP contribution in [0.5, 0.6) is 0 Å². The van der Waals surface area contributed by atoms with Crippen molar-refractivity contribution < 1.29 is 42.5 Å². The van der Waals surface area contributed by atoms with Gasteiger partial charge in [0.25, 0.3) is 11.8 Å². The van der Waals surface area contributed by atoms with Crippen molar-refractivity contribution in [3.8, 4) is 0 Å². The first-order valence-electron chi connectivity index (χ1n) is 16.0. The van der Waals surface area contributed by atoms with Crippen LogP contribution in [0.4, 0.5) is 10.1 Å². The zero-order valence-corrected chi connectivity index (χ0v) is 29.1. The molecule has 0 radical (unpaired) electrons. The highest BCUT2D eigenvalue weighted by Gasteiger charge is 2.23. The molecule has 2 unspecified atom stereocenters. The van der Waals surface area contributed by atoms with Crippen LogP contribution in [-0.2, 0) is 28.5 Å². The minimum absolute atomic E-state index is 0.00631. The SMILES string of the molecule is Cc1nc2ccc(C(=O)NCC(CNC(=O)c3ccc4c(c3)SC(C)N4)C(=O)NCCOCCOCCOCCOCCC(=O)F)cc2s1. The molecule has 0 aliphatic carbocycles. The molecule has 0 spiro atoms. The lowest BCUT2D eigenvalue weighted by Gasteiger charge is -2.18. The van der Waals surface area contributed by atoms with Crippen molar-refractivity contribution in [3.63, 3.8) is 0 Å². The summed E-state index contributed by atoms with van der Waals surface area (Å²) in [6.07, 6.45) is -0.261. The molecule has 0 bridgehead atoms. The molecule has 16 heteroatoms. The van der Waals surface area contributed by atoms with Crippen LogP contribution in [-0.4, -0.2) is 107 Å². The van der Waals surface area contributed by atoms with Gasteiger partial charge in [-0.25, -0.2) is 4.98 Å². The quantitative estimate of drug-likeness (QED) is 0.0889. The van der Waals surface area contributed by atoms with Crippen molar-refractivity contribution in [2.45, 2.75) is 30.5 Å². The molecular formula is C33H42FN5O8S2. The van der Waals surface area contributed by atoms with E-state index in [4.69, 9.17) is 18.9 Å². The Balaban J connectivity index is 1.18. The Bertz CT molecular complexity index is 1580. The molecule has 3 amide bonds.